The third-order valence-corrected chi connectivity index (χ3v) is 4.07. The molecule has 0 radical (unpaired) electrons. The topological polar surface area (TPSA) is 55.4 Å². The highest BCUT2D eigenvalue weighted by molar-refractivity contribution is 5.94. The summed E-state index contributed by atoms with van der Waals surface area (Å²) in [4.78, 5) is 24.0. The number of aryl methyl sites for hydroxylation is 2. The Labute approximate surface area is 149 Å². The van der Waals surface area contributed by atoms with E-state index in [9.17, 15) is 9.59 Å². The largest absolute Gasteiger partial charge is 0.462 e. The molecule has 0 aliphatic carbocycles. The minimum atomic E-state index is -0.332. The smallest absolute Gasteiger partial charge is 0.338 e. The fourth-order valence-electron chi connectivity index (χ4n) is 2.39. The van der Waals surface area contributed by atoms with Gasteiger partial charge in [-0.1, -0.05) is 31.5 Å². The molecule has 132 valence electrons. The summed E-state index contributed by atoms with van der Waals surface area (Å²) in [6, 6.07) is 12.8. The van der Waals surface area contributed by atoms with E-state index >= 15 is 0 Å². The van der Waals surface area contributed by atoms with E-state index < -0.39 is 0 Å². The Balaban J connectivity index is 1.90. The molecule has 0 unspecified atom stereocenters. The van der Waals surface area contributed by atoms with Crippen molar-refractivity contribution in [3.05, 3.63) is 64.7 Å². The van der Waals surface area contributed by atoms with Crippen LogP contribution in [-0.4, -0.2) is 18.5 Å². The Bertz CT molecular complexity index is 735. The highest BCUT2D eigenvalue weighted by atomic mass is 16.5. The number of ether oxygens (including phenoxy) is 1. The first-order chi connectivity index (χ1) is 12.0. The zero-order chi connectivity index (χ0) is 18.2. The van der Waals surface area contributed by atoms with Gasteiger partial charge in [0.25, 0.3) is 0 Å². The SMILES string of the molecule is CCCCOC(=O)c1ccc(NC(=O)Cc2ccc(C)c(C)c2)cc1. The number of anilines is 1. The van der Waals surface area contributed by atoms with Crippen LogP contribution in [0.3, 0.4) is 0 Å². The minimum absolute atomic E-state index is 0.0819. The number of hydrogen-bond acceptors (Lipinski definition) is 3. The molecule has 0 aromatic heterocycles. The van der Waals surface area contributed by atoms with E-state index in [0.29, 0.717) is 24.3 Å². The van der Waals surface area contributed by atoms with Gasteiger partial charge in [-0.2, -0.15) is 0 Å². The highest BCUT2D eigenvalue weighted by Gasteiger charge is 2.08. The molecule has 2 rings (SSSR count). The first-order valence-electron chi connectivity index (χ1n) is 8.62. The molecule has 2 aromatic rings. The van der Waals surface area contributed by atoms with Gasteiger partial charge in [-0.15, -0.1) is 0 Å². The van der Waals surface area contributed by atoms with Gasteiger partial charge in [0.1, 0.15) is 0 Å². The molecule has 25 heavy (non-hydrogen) atoms. The van der Waals surface area contributed by atoms with E-state index in [0.717, 1.165) is 18.4 Å². The Hall–Kier alpha value is -2.62. The zero-order valence-corrected chi connectivity index (χ0v) is 15.1. The number of carbonyl (C=O) groups is 2. The summed E-state index contributed by atoms with van der Waals surface area (Å²) in [7, 11) is 0. The molecule has 2 aromatic carbocycles. The van der Waals surface area contributed by atoms with Crippen molar-refractivity contribution in [2.45, 2.75) is 40.0 Å². The second-order valence-electron chi connectivity index (χ2n) is 6.21. The monoisotopic (exact) mass is 339 g/mol. The molecule has 0 saturated heterocycles. The quantitative estimate of drug-likeness (QED) is 0.599. The van der Waals surface area contributed by atoms with Crippen LogP contribution in [-0.2, 0) is 16.0 Å². The Morgan fingerprint density at radius 2 is 1.72 bits per heavy atom. The summed E-state index contributed by atoms with van der Waals surface area (Å²) in [5.41, 5.74) is 4.53. The summed E-state index contributed by atoms with van der Waals surface area (Å²) in [5, 5.41) is 2.85. The molecular weight excluding hydrogens is 314 g/mol. The van der Waals surface area contributed by atoms with Crippen LogP contribution in [0.4, 0.5) is 5.69 Å². The van der Waals surface area contributed by atoms with Crippen LogP contribution < -0.4 is 5.32 Å². The molecule has 0 aliphatic rings. The Kier molecular flexibility index (Phi) is 6.75. The van der Waals surface area contributed by atoms with Crippen molar-refractivity contribution in [1.29, 1.82) is 0 Å². The van der Waals surface area contributed by atoms with E-state index in [4.69, 9.17) is 4.74 Å². The van der Waals surface area contributed by atoms with Crippen LogP contribution in [0.5, 0.6) is 0 Å². The zero-order valence-electron chi connectivity index (χ0n) is 15.1. The van der Waals surface area contributed by atoms with Crippen LogP contribution in [0.15, 0.2) is 42.5 Å². The lowest BCUT2D eigenvalue weighted by atomic mass is 10.0. The van der Waals surface area contributed by atoms with Crippen molar-refractivity contribution < 1.29 is 14.3 Å². The normalized spacial score (nSPS) is 10.4. The maximum Gasteiger partial charge on any atom is 0.338 e. The Morgan fingerprint density at radius 3 is 2.36 bits per heavy atom. The van der Waals surface area contributed by atoms with Gasteiger partial charge in [0.05, 0.1) is 18.6 Å². The number of benzene rings is 2. The van der Waals surface area contributed by atoms with E-state index in [-0.39, 0.29) is 11.9 Å². The Morgan fingerprint density at radius 1 is 1.00 bits per heavy atom. The van der Waals surface area contributed by atoms with Gasteiger partial charge in [0.2, 0.25) is 5.91 Å². The standard InChI is InChI=1S/C21H25NO3/c1-4-5-12-25-21(24)18-8-10-19(11-9-18)22-20(23)14-17-7-6-15(2)16(3)13-17/h6-11,13H,4-5,12,14H2,1-3H3,(H,22,23). The van der Waals surface area contributed by atoms with E-state index in [1.807, 2.05) is 39.0 Å². The first-order valence-corrected chi connectivity index (χ1v) is 8.62. The third kappa shape index (κ3) is 5.75. The first kappa shape index (κ1) is 18.7. The number of esters is 1. The number of nitrogens with one attached hydrogen (secondary N) is 1. The molecule has 4 nitrogen and oxygen atoms in total. The summed E-state index contributed by atoms with van der Waals surface area (Å²) in [5.74, 6) is -0.414. The van der Waals surface area contributed by atoms with Gasteiger partial charge in [-0.3, -0.25) is 4.79 Å². The average Bonchev–Trinajstić information content (AvgIpc) is 2.59. The lowest BCUT2D eigenvalue weighted by Crippen LogP contribution is -2.14. The maximum absolute atomic E-state index is 12.2. The van der Waals surface area contributed by atoms with Gasteiger partial charge in [0.15, 0.2) is 0 Å². The van der Waals surface area contributed by atoms with Crippen LogP contribution in [0.25, 0.3) is 0 Å². The van der Waals surface area contributed by atoms with Gasteiger partial charge < -0.3 is 10.1 Å². The maximum atomic E-state index is 12.2. The summed E-state index contributed by atoms with van der Waals surface area (Å²) in [6.45, 7) is 6.57. The van der Waals surface area contributed by atoms with Crippen LogP contribution in [0.2, 0.25) is 0 Å². The number of hydrogen-bond donors (Lipinski definition) is 1. The van der Waals surface area contributed by atoms with Crippen molar-refractivity contribution in [3.8, 4) is 0 Å². The summed E-state index contributed by atoms with van der Waals surface area (Å²) in [6.07, 6.45) is 2.17. The molecule has 0 bridgehead atoms. The second-order valence-corrected chi connectivity index (χ2v) is 6.21. The van der Waals surface area contributed by atoms with Crippen molar-refractivity contribution >= 4 is 17.6 Å². The number of amides is 1. The third-order valence-electron chi connectivity index (χ3n) is 4.07. The fraction of sp³-hybridized carbons (Fsp3) is 0.333. The molecule has 0 atom stereocenters. The molecule has 1 amide bonds. The average molecular weight is 339 g/mol. The molecule has 0 heterocycles. The van der Waals surface area contributed by atoms with E-state index in [1.165, 1.54) is 11.1 Å². The summed E-state index contributed by atoms with van der Waals surface area (Å²) >= 11 is 0. The number of rotatable bonds is 7. The lowest BCUT2D eigenvalue weighted by Gasteiger charge is -2.08. The van der Waals surface area contributed by atoms with Gasteiger partial charge in [-0.25, -0.2) is 4.79 Å². The molecule has 0 fully saturated rings. The molecule has 0 saturated carbocycles. The van der Waals surface area contributed by atoms with Crippen molar-refractivity contribution in [1.82, 2.24) is 0 Å². The molecule has 1 N–H and O–H groups in total. The second kappa shape index (κ2) is 9.02. The minimum Gasteiger partial charge on any atom is -0.462 e. The lowest BCUT2D eigenvalue weighted by molar-refractivity contribution is -0.115. The van der Waals surface area contributed by atoms with Crippen molar-refractivity contribution in [2.75, 3.05) is 11.9 Å². The van der Waals surface area contributed by atoms with E-state index in [1.54, 1.807) is 24.3 Å². The predicted octanol–water partition coefficient (Wildman–Crippen LogP) is 4.44. The van der Waals surface area contributed by atoms with Gasteiger partial charge in [0, 0.05) is 5.69 Å². The number of carbonyl (C=O) groups excluding carboxylic acids is 2. The van der Waals surface area contributed by atoms with Crippen molar-refractivity contribution in [2.24, 2.45) is 0 Å². The molecule has 4 heteroatoms. The van der Waals surface area contributed by atoms with Crippen LogP contribution in [0.1, 0.15) is 46.8 Å². The highest BCUT2D eigenvalue weighted by Crippen LogP contribution is 2.13. The molecular formula is C21H25NO3. The van der Waals surface area contributed by atoms with Crippen LogP contribution >= 0.6 is 0 Å². The van der Waals surface area contributed by atoms with Gasteiger partial charge in [-0.05, 0) is 61.2 Å². The summed E-state index contributed by atoms with van der Waals surface area (Å²) < 4.78 is 5.16. The van der Waals surface area contributed by atoms with E-state index in [2.05, 4.69) is 5.32 Å². The predicted molar refractivity (Wildman–Crippen MR) is 99.9 cm³/mol. The molecule has 0 spiro atoms. The van der Waals surface area contributed by atoms with Crippen LogP contribution in [0, 0.1) is 13.8 Å². The fourth-order valence-corrected chi connectivity index (χ4v) is 2.39. The van der Waals surface area contributed by atoms with Gasteiger partial charge >= 0.3 is 5.97 Å². The molecule has 0 aliphatic heterocycles. The number of unbranched alkanes of at least 4 members (excludes halogenated alkanes) is 1. The van der Waals surface area contributed by atoms with Crippen molar-refractivity contribution in [3.63, 3.8) is 0 Å².